The molecule has 0 aromatic heterocycles. The second-order valence-corrected chi connectivity index (χ2v) is 7.30. The quantitative estimate of drug-likeness (QED) is 0.733. The zero-order valence-electron chi connectivity index (χ0n) is 10.5. The topological polar surface area (TPSA) is 89.3 Å². The highest BCUT2D eigenvalue weighted by atomic mass is 32.2. The van der Waals surface area contributed by atoms with Crippen LogP contribution in [-0.2, 0) is 14.6 Å². The third-order valence-corrected chi connectivity index (χ3v) is 4.23. The van der Waals surface area contributed by atoms with Gasteiger partial charge in [0.2, 0.25) is 5.91 Å². The lowest BCUT2D eigenvalue weighted by Gasteiger charge is -2.17. The van der Waals surface area contributed by atoms with Crippen molar-refractivity contribution in [2.45, 2.75) is 44.7 Å². The number of carbonyl (C=O) groups excluding carboxylic acids is 1. The molecule has 1 aliphatic carbocycles. The van der Waals surface area contributed by atoms with Gasteiger partial charge >= 0.3 is 0 Å². The Morgan fingerprint density at radius 1 is 1.47 bits per heavy atom. The first-order valence-electron chi connectivity index (χ1n) is 6.00. The third-order valence-electron chi connectivity index (χ3n) is 3.13. The Morgan fingerprint density at radius 3 is 2.59 bits per heavy atom. The molecular formula is C11H22N2O3S. The average molecular weight is 262 g/mol. The van der Waals surface area contributed by atoms with Crippen molar-refractivity contribution in [2.75, 3.05) is 12.0 Å². The van der Waals surface area contributed by atoms with Crippen LogP contribution < -0.4 is 11.1 Å². The fraction of sp³-hybridized carbons (Fsp3) is 0.909. The molecule has 1 fully saturated rings. The van der Waals surface area contributed by atoms with E-state index in [0.717, 1.165) is 19.3 Å². The van der Waals surface area contributed by atoms with Gasteiger partial charge in [0.15, 0.2) is 0 Å². The highest BCUT2D eigenvalue weighted by molar-refractivity contribution is 7.90. The number of nitrogens with one attached hydrogen (secondary N) is 1. The van der Waals surface area contributed by atoms with Crippen LogP contribution in [0.4, 0.5) is 0 Å². The molecule has 0 spiro atoms. The molecule has 0 aliphatic heterocycles. The lowest BCUT2D eigenvalue weighted by Crippen LogP contribution is -2.39. The Kier molecular flexibility index (Phi) is 4.94. The first-order chi connectivity index (χ1) is 7.78. The van der Waals surface area contributed by atoms with Crippen LogP contribution in [0.3, 0.4) is 0 Å². The molecule has 0 radical (unpaired) electrons. The minimum absolute atomic E-state index is 0.0184. The summed E-state index contributed by atoms with van der Waals surface area (Å²) in [6.07, 6.45) is 4.64. The Balaban J connectivity index is 2.34. The smallest absolute Gasteiger partial charge is 0.220 e. The van der Waals surface area contributed by atoms with E-state index in [4.69, 9.17) is 5.73 Å². The van der Waals surface area contributed by atoms with Gasteiger partial charge in [0.25, 0.3) is 0 Å². The third kappa shape index (κ3) is 5.50. The maximum Gasteiger partial charge on any atom is 0.220 e. The summed E-state index contributed by atoms with van der Waals surface area (Å²) in [5.74, 6) is 0.138. The van der Waals surface area contributed by atoms with Gasteiger partial charge in [-0.3, -0.25) is 4.79 Å². The lowest BCUT2D eigenvalue weighted by molar-refractivity contribution is -0.122. The van der Waals surface area contributed by atoms with Crippen LogP contribution in [0.5, 0.6) is 0 Å². The first kappa shape index (κ1) is 14.4. The van der Waals surface area contributed by atoms with E-state index in [1.807, 2.05) is 0 Å². The molecule has 1 rings (SSSR count). The number of hydrogen-bond donors (Lipinski definition) is 2. The van der Waals surface area contributed by atoms with Gasteiger partial charge in [-0.05, 0) is 25.7 Å². The van der Waals surface area contributed by atoms with Gasteiger partial charge in [-0.15, -0.1) is 0 Å². The second kappa shape index (κ2) is 5.82. The molecule has 5 nitrogen and oxygen atoms in total. The van der Waals surface area contributed by atoms with Gasteiger partial charge in [0.1, 0.15) is 9.84 Å². The van der Waals surface area contributed by atoms with Crippen molar-refractivity contribution in [3.63, 3.8) is 0 Å². The lowest BCUT2D eigenvalue weighted by atomic mass is 10.00. The monoisotopic (exact) mass is 262 g/mol. The number of sulfone groups is 1. The minimum Gasteiger partial charge on any atom is -0.353 e. The van der Waals surface area contributed by atoms with Gasteiger partial charge in [-0.1, -0.05) is 6.42 Å². The number of rotatable bonds is 5. The zero-order valence-corrected chi connectivity index (χ0v) is 11.3. The van der Waals surface area contributed by atoms with Gasteiger partial charge in [-0.2, -0.15) is 0 Å². The Bertz CT molecular complexity index is 367. The summed E-state index contributed by atoms with van der Waals surface area (Å²) in [5.41, 5.74) is 5.88. The molecule has 1 amide bonds. The van der Waals surface area contributed by atoms with Crippen LogP contribution in [0.1, 0.15) is 32.6 Å². The Hall–Kier alpha value is -0.620. The van der Waals surface area contributed by atoms with Gasteiger partial charge < -0.3 is 11.1 Å². The maximum absolute atomic E-state index is 11.7. The predicted molar refractivity (Wildman–Crippen MR) is 67.2 cm³/mol. The van der Waals surface area contributed by atoms with Crippen molar-refractivity contribution < 1.29 is 13.2 Å². The van der Waals surface area contributed by atoms with E-state index in [1.165, 1.54) is 6.26 Å². The molecule has 0 bridgehead atoms. The SMILES string of the molecule is CC(CS(C)(=O)=O)NC(=O)C[C@@H]1CCC[C@H]1N. The number of hydrogen-bond acceptors (Lipinski definition) is 4. The molecule has 0 heterocycles. The van der Waals surface area contributed by atoms with E-state index in [-0.39, 0.29) is 29.7 Å². The van der Waals surface area contributed by atoms with Crippen LogP contribution in [-0.4, -0.2) is 38.4 Å². The van der Waals surface area contributed by atoms with Crippen molar-refractivity contribution in [1.29, 1.82) is 0 Å². The van der Waals surface area contributed by atoms with E-state index in [9.17, 15) is 13.2 Å². The summed E-state index contributed by atoms with van der Waals surface area (Å²) in [7, 11) is -3.05. The summed E-state index contributed by atoms with van der Waals surface area (Å²) >= 11 is 0. The molecule has 17 heavy (non-hydrogen) atoms. The van der Waals surface area contributed by atoms with Crippen LogP contribution in [0.15, 0.2) is 0 Å². The standard InChI is InChI=1S/C11H22N2O3S/c1-8(7-17(2,15)16)13-11(14)6-9-4-3-5-10(9)12/h8-10H,3-7,12H2,1-2H3,(H,13,14)/t8?,9-,10+/m0/s1. The van der Waals surface area contributed by atoms with Gasteiger partial charge in [0.05, 0.1) is 5.75 Å². The normalized spacial score (nSPS) is 26.8. The number of carbonyl (C=O) groups is 1. The molecule has 1 saturated carbocycles. The molecule has 0 saturated heterocycles. The van der Waals surface area contributed by atoms with Crippen molar-refractivity contribution in [1.82, 2.24) is 5.32 Å². The fourth-order valence-electron chi connectivity index (χ4n) is 2.39. The van der Waals surface area contributed by atoms with Crippen LogP contribution in [0.2, 0.25) is 0 Å². The minimum atomic E-state index is -3.05. The molecule has 0 aromatic rings. The largest absolute Gasteiger partial charge is 0.353 e. The first-order valence-corrected chi connectivity index (χ1v) is 8.06. The molecule has 100 valence electrons. The van der Waals surface area contributed by atoms with Crippen molar-refractivity contribution >= 4 is 15.7 Å². The zero-order chi connectivity index (χ0) is 13.1. The number of nitrogens with two attached hydrogens (primary N) is 1. The van der Waals surface area contributed by atoms with Crippen LogP contribution in [0.25, 0.3) is 0 Å². The van der Waals surface area contributed by atoms with E-state index in [0.29, 0.717) is 6.42 Å². The number of amides is 1. The summed E-state index contributed by atoms with van der Waals surface area (Å²) in [4.78, 5) is 11.7. The van der Waals surface area contributed by atoms with Gasteiger partial charge in [0, 0.05) is 24.8 Å². The molecule has 1 unspecified atom stereocenters. The Labute approximate surface area is 103 Å². The van der Waals surface area contributed by atoms with E-state index >= 15 is 0 Å². The van der Waals surface area contributed by atoms with E-state index in [1.54, 1.807) is 6.92 Å². The van der Waals surface area contributed by atoms with E-state index in [2.05, 4.69) is 5.32 Å². The molecule has 0 aromatic carbocycles. The molecule has 3 atom stereocenters. The van der Waals surface area contributed by atoms with Crippen molar-refractivity contribution in [3.05, 3.63) is 0 Å². The summed E-state index contributed by atoms with van der Waals surface area (Å²) in [5, 5.41) is 2.71. The molecule has 1 aliphatic rings. The predicted octanol–water partition coefficient (Wildman–Crippen LogP) is 0.0532. The van der Waals surface area contributed by atoms with Crippen LogP contribution in [0, 0.1) is 5.92 Å². The highest BCUT2D eigenvalue weighted by Crippen LogP contribution is 2.26. The fourth-order valence-corrected chi connectivity index (χ4v) is 3.38. The molecular weight excluding hydrogens is 240 g/mol. The summed E-state index contributed by atoms with van der Waals surface area (Å²) < 4.78 is 22.1. The highest BCUT2D eigenvalue weighted by Gasteiger charge is 2.26. The maximum atomic E-state index is 11.7. The van der Waals surface area contributed by atoms with E-state index < -0.39 is 9.84 Å². The van der Waals surface area contributed by atoms with Crippen LogP contribution >= 0.6 is 0 Å². The Morgan fingerprint density at radius 2 is 2.12 bits per heavy atom. The van der Waals surface area contributed by atoms with Gasteiger partial charge in [-0.25, -0.2) is 8.42 Å². The summed E-state index contributed by atoms with van der Waals surface area (Å²) in [6.45, 7) is 1.70. The van der Waals surface area contributed by atoms with Crippen molar-refractivity contribution in [2.24, 2.45) is 11.7 Å². The molecule has 6 heteroatoms. The van der Waals surface area contributed by atoms with Crippen molar-refractivity contribution in [3.8, 4) is 0 Å². The molecule has 3 N–H and O–H groups in total. The second-order valence-electron chi connectivity index (χ2n) is 5.12. The summed E-state index contributed by atoms with van der Waals surface area (Å²) in [6, 6.07) is -0.221. The average Bonchev–Trinajstić information content (AvgIpc) is 2.47.